The Labute approximate surface area is 158 Å². The first kappa shape index (κ1) is 18.5. The summed E-state index contributed by atoms with van der Waals surface area (Å²) >= 11 is 6.06. The number of methoxy groups -OCH3 is 1. The lowest BCUT2D eigenvalue weighted by Crippen LogP contribution is -2.36. The van der Waals surface area contributed by atoms with Crippen molar-refractivity contribution in [1.29, 1.82) is 0 Å². The molecule has 1 aliphatic rings. The molecule has 6 nitrogen and oxygen atoms in total. The molecular weight excluding hydrogens is 352 g/mol. The van der Waals surface area contributed by atoms with Crippen molar-refractivity contribution in [3.63, 3.8) is 0 Å². The molecule has 1 aromatic carbocycles. The molecule has 7 heteroatoms. The van der Waals surface area contributed by atoms with E-state index in [1.54, 1.807) is 20.2 Å². The van der Waals surface area contributed by atoms with Gasteiger partial charge in [0.25, 0.3) is 0 Å². The fraction of sp³-hybridized carbons (Fsp3) is 0.421. The van der Waals surface area contributed by atoms with Gasteiger partial charge in [-0.25, -0.2) is 9.97 Å². The molecule has 138 valence electrons. The molecule has 1 fully saturated rings. The number of anilines is 2. The molecule has 1 aromatic heterocycles. The number of aromatic nitrogens is 2. The van der Waals surface area contributed by atoms with Crippen LogP contribution < -0.4 is 10.1 Å². The van der Waals surface area contributed by atoms with Gasteiger partial charge in [0.2, 0.25) is 11.9 Å². The fourth-order valence-corrected chi connectivity index (χ4v) is 3.32. The number of hydrogen-bond donors (Lipinski definition) is 1. The summed E-state index contributed by atoms with van der Waals surface area (Å²) in [4.78, 5) is 21.9. The molecule has 0 radical (unpaired) electrons. The number of carbonyl (C=O) groups excluding carboxylic acids is 1. The van der Waals surface area contributed by atoms with Crippen LogP contribution in [0.25, 0.3) is 0 Å². The molecule has 0 aliphatic carbocycles. The van der Waals surface area contributed by atoms with E-state index in [2.05, 4.69) is 21.4 Å². The number of piperidine rings is 1. The molecule has 0 saturated carbocycles. The predicted octanol–water partition coefficient (Wildman–Crippen LogP) is 3.92. The van der Waals surface area contributed by atoms with Crippen LogP contribution in [0.15, 0.2) is 24.4 Å². The van der Waals surface area contributed by atoms with Gasteiger partial charge in [-0.05, 0) is 43.4 Å². The van der Waals surface area contributed by atoms with Gasteiger partial charge in [-0.1, -0.05) is 17.7 Å². The number of benzene rings is 1. The van der Waals surface area contributed by atoms with Crippen LogP contribution in [0, 0.1) is 6.92 Å². The molecule has 0 spiro atoms. The molecule has 0 unspecified atom stereocenters. The number of halogens is 1. The van der Waals surface area contributed by atoms with Gasteiger partial charge >= 0.3 is 0 Å². The second-order valence-electron chi connectivity index (χ2n) is 6.53. The van der Waals surface area contributed by atoms with Crippen LogP contribution in [0.2, 0.25) is 5.15 Å². The lowest BCUT2D eigenvalue weighted by atomic mass is 9.89. The molecule has 1 amide bonds. The summed E-state index contributed by atoms with van der Waals surface area (Å²) in [6, 6.07) is 6.11. The highest BCUT2D eigenvalue weighted by Gasteiger charge is 2.22. The first-order chi connectivity index (χ1) is 12.5. The maximum Gasteiger partial charge on any atom is 0.228 e. The van der Waals surface area contributed by atoms with Crippen molar-refractivity contribution in [2.75, 3.05) is 25.5 Å². The SMILES string of the molecule is COc1cc(C2CCN(C(C)=O)CC2)ccc1Nc1ncc(C)c(Cl)n1. The van der Waals surface area contributed by atoms with Gasteiger partial charge in [-0.2, -0.15) is 0 Å². The molecule has 2 heterocycles. The van der Waals surface area contributed by atoms with Gasteiger partial charge in [0, 0.05) is 31.8 Å². The van der Waals surface area contributed by atoms with E-state index in [0.717, 1.165) is 42.9 Å². The van der Waals surface area contributed by atoms with Crippen LogP contribution in [-0.2, 0) is 4.79 Å². The van der Waals surface area contributed by atoms with E-state index in [4.69, 9.17) is 16.3 Å². The summed E-state index contributed by atoms with van der Waals surface area (Å²) in [5.74, 6) is 1.74. The topological polar surface area (TPSA) is 67.3 Å². The van der Waals surface area contributed by atoms with E-state index in [9.17, 15) is 4.79 Å². The Kier molecular flexibility index (Phi) is 5.61. The highest BCUT2D eigenvalue weighted by atomic mass is 35.5. The average molecular weight is 375 g/mol. The molecule has 2 aromatic rings. The van der Waals surface area contributed by atoms with E-state index in [1.165, 1.54) is 5.56 Å². The molecule has 26 heavy (non-hydrogen) atoms. The summed E-state index contributed by atoms with van der Waals surface area (Å²) in [5.41, 5.74) is 2.84. The molecule has 0 atom stereocenters. The third kappa shape index (κ3) is 4.07. The van der Waals surface area contributed by atoms with Crippen molar-refractivity contribution < 1.29 is 9.53 Å². The fourth-order valence-electron chi connectivity index (χ4n) is 3.19. The zero-order chi connectivity index (χ0) is 18.7. The van der Waals surface area contributed by atoms with Gasteiger partial charge in [-0.15, -0.1) is 0 Å². The Morgan fingerprint density at radius 3 is 2.69 bits per heavy atom. The molecule has 0 bridgehead atoms. The summed E-state index contributed by atoms with van der Waals surface area (Å²) in [7, 11) is 1.64. The number of hydrogen-bond acceptors (Lipinski definition) is 5. The van der Waals surface area contributed by atoms with Crippen molar-refractivity contribution in [1.82, 2.24) is 14.9 Å². The molecule has 1 saturated heterocycles. The van der Waals surface area contributed by atoms with E-state index < -0.39 is 0 Å². The van der Waals surface area contributed by atoms with Gasteiger partial charge in [0.1, 0.15) is 10.9 Å². The van der Waals surface area contributed by atoms with Crippen LogP contribution in [0.4, 0.5) is 11.6 Å². The second-order valence-corrected chi connectivity index (χ2v) is 6.89. The number of likely N-dealkylation sites (tertiary alicyclic amines) is 1. The van der Waals surface area contributed by atoms with Crippen LogP contribution in [0.3, 0.4) is 0 Å². The van der Waals surface area contributed by atoms with Crippen molar-refractivity contribution in [2.24, 2.45) is 0 Å². The normalized spacial score (nSPS) is 15.0. The molecular formula is C19H23ClN4O2. The lowest BCUT2D eigenvalue weighted by molar-refractivity contribution is -0.129. The zero-order valence-electron chi connectivity index (χ0n) is 15.3. The zero-order valence-corrected chi connectivity index (χ0v) is 16.0. The number of carbonyl (C=O) groups is 1. The Balaban J connectivity index is 1.75. The van der Waals surface area contributed by atoms with Gasteiger partial charge < -0.3 is 15.0 Å². The summed E-state index contributed by atoms with van der Waals surface area (Å²) in [5, 5.41) is 3.59. The van der Waals surface area contributed by atoms with Crippen molar-refractivity contribution in [3.05, 3.63) is 40.7 Å². The predicted molar refractivity (Wildman–Crippen MR) is 102 cm³/mol. The first-order valence-electron chi connectivity index (χ1n) is 8.67. The molecule has 1 N–H and O–H groups in total. The van der Waals surface area contributed by atoms with Crippen molar-refractivity contribution >= 4 is 29.1 Å². The van der Waals surface area contributed by atoms with E-state index in [0.29, 0.717) is 17.0 Å². The monoisotopic (exact) mass is 374 g/mol. The minimum Gasteiger partial charge on any atom is -0.495 e. The van der Waals surface area contributed by atoms with Crippen LogP contribution in [0.5, 0.6) is 5.75 Å². The second kappa shape index (κ2) is 7.91. The number of amides is 1. The van der Waals surface area contributed by atoms with Crippen LogP contribution in [-0.4, -0.2) is 41.0 Å². The number of rotatable bonds is 4. The number of nitrogens with one attached hydrogen (secondary N) is 1. The van der Waals surface area contributed by atoms with E-state index >= 15 is 0 Å². The Morgan fingerprint density at radius 2 is 2.08 bits per heavy atom. The molecule has 3 rings (SSSR count). The summed E-state index contributed by atoms with van der Waals surface area (Å²) in [6.45, 7) is 5.10. The standard InChI is InChI=1S/C19H23ClN4O2/c1-12-11-21-19(23-18(12)20)22-16-5-4-15(10-17(16)26-3)14-6-8-24(9-7-14)13(2)25/h4-5,10-11,14H,6-9H2,1-3H3,(H,21,22,23). The highest BCUT2D eigenvalue weighted by molar-refractivity contribution is 6.30. The highest BCUT2D eigenvalue weighted by Crippen LogP contribution is 2.34. The maximum atomic E-state index is 11.5. The van der Waals surface area contributed by atoms with Crippen molar-refractivity contribution in [2.45, 2.75) is 32.6 Å². The Hall–Kier alpha value is -2.34. The van der Waals surface area contributed by atoms with Gasteiger partial charge in [-0.3, -0.25) is 4.79 Å². The van der Waals surface area contributed by atoms with E-state index in [-0.39, 0.29) is 5.91 Å². The van der Waals surface area contributed by atoms with Crippen molar-refractivity contribution in [3.8, 4) is 5.75 Å². The third-order valence-electron chi connectivity index (χ3n) is 4.79. The maximum absolute atomic E-state index is 11.5. The van der Waals surface area contributed by atoms with Gasteiger partial charge in [0.15, 0.2) is 0 Å². The summed E-state index contributed by atoms with van der Waals surface area (Å²) in [6.07, 6.45) is 3.61. The lowest BCUT2D eigenvalue weighted by Gasteiger charge is -2.31. The smallest absolute Gasteiger partial charge is 0.228 e. The Bertz CT molecular complexity index is 804. The van der Waals surface area contributed by atoms with Crippen LogP contribution in [0.1, 0.15) is 36.8 Å². The number of aryl methyl sites for hydroxylation is 1. The minimum absolute atomic E-state index is 0.150. The quantitative estimate of drug-likeness (QED) is 0.821. The first-order valence-corrected chi connectivity index (χ1v) is 9.05. The number of nitrogens with zero attached hydrogens (tertiary/aromatic N) is 3. The Morgan fingerprint density at radius 1 is 1.35 bits per heavy atom. The third-order valence-corrected chi connectivity index (χ3v) is 5.18. The average Bonchev–Trinajstić information content (AvgIpc) is 2.65. The van der Waals surface area contributed by atoms with E-state index in [1.807, 2.05) is 24.0 Å². The number of ether oxygens (including phenoxy) is 1. The van der Waals surface area contributed by atoms with Gasteiger partial charge in [0.05, 0.1) is 12.8 Å². The largest absolute Gasteiger partial charge is 0.495 e. The molecule has 1 aliphatic heterocycles. The summed E-state index contributed by atoms with van der Waals surface area (Å²) < 4.78 is 5.55. The minimum atomic E-state index is 0.150. The van der Waals surface area contributed by atoms with Crippen LogP contribution >= 0.6 is 11.6 Å².